The Morgan fingerprint density at radius 3 is 1.38 bits per heavy atom. The zero-order valence-electron chi connectivity index (χ0n) is 11.8. The van der Waals surface area contributed by atoms with Crippen LogP contribution in [0.3, 0.4) is 0 Å². The molecule has 16 heavy (non-hydrogen) atoms. The number of hydrogen-bond donors (Lipinski definition) is 0. The molecule has 0 spiro atoms. The SMILES string of the molecule is CC(C)c1cc(C(C)C)cc(S(C)(C)C)c1. The van der Waals surface area contributed by atoms with Crippen molar-refractivity contribution in [3.8, 4) is 0 Å². The van der Waals surface area contributed by atoms with Crippen LogP contribution >= 0.6 is 10.0 Å². The van der Waals surface area contributed by atoms with Crippen molar-refractivity contribution in [1.29, 1.82) is 0 Å². The van der Waals surface area contributed by atoms with E-state index >= 15 is 0 Å². The van der Waals surface area contributed by atoms with E-state index in [0.29, 0.717) is 11.8 Å². The van der Waals surface area contributed by atoms with Crippen LogP contribution in [0.25, 0.3) is 0 Å². The van der Waals surface area contributed by atoms with Gasteiger partial charge in [-0.1, -0.05) is 33.8 Å². The molecule has 1 aromatic carbocycles. The van der Waals surface area contributed by atoms with Gasteiger partial charge in [0, 0.05) is 0 Å². The Morgan fingerprint density at radius 2 is 1.12 bits per heavy atom. The third-order valence-electron chi connectivity index (χ3n) is 2.99. The summed E-state index contributed by atoms with van der Waals surface area (Å²) in [4.78, 5) is 1.54. The van der Waals surface area contributed by atoms with E-state index in [-0.39, 0.29) is 0 Å². The summed E-state index contributed by atoms with van der Waals surface area (Å²) >= 11 is 0. The maximum Gasteiger partial charge on any atom is -0.0101 e. The minimum absolute atomic E-state index is 0.615. The van der Waals surface area contributed by atoms with E-state index in [1.807, 2.05) is 0 Å². The zero-order chi connectivity index (χ0) is 12.5. The van der Waals surface area contributed by atoms with Gasteiger partial charge in [0.15, 0.2) is 0 Å². The first-order valence-corrected chi connectivity index (χ1v) is 8.91. The molecule has 92 valence electrons. The highest BCUT2D eigenvalue weighted by atomic mass is 32.3. The van der Waals surface area contributed by atoms with Gasteiger partial charge in [0.1, 0.15) is 0 Å². The van der Waals surface area contributed by atoms with Crippen LogP contribution < -0.4 is 0 Å². The summed E-state index contributed by atoms with van der Waals surface area (Å²) in [5.41, 5.74) is 2.98. The molecule has 0 N–H and O–H groups in total. The smallest absolute Gasteiger partial charge is 0.0101 e. The summed E-state index contributed by atoms with van der Waals surface area (Å²) < 4.78 is 0. The van der Waals surface area contributed by atoms with Crippen LogP contribution in [0, 0.1) is 0 Å². The lowest BCUT2D eigenvalue weighted by Crippen LogP contribution is -1.99. The molecule has 0 aliphatic rings. The number of benzene rings is 1. The molecule has 0 aliphatic heterocycles. The Labute approximate surface area is 103 Å². The normalized spacial score (nSPS) is 13.6. The molecule has 0 aromatic heterocycles. The minimum Gasteiger partial charge on any atom is -0.223 e. The Morgan fingerprint density at radius 1 is 0.750 bits per heavy atom. The summed E-state index contributed by atoms with van der Waals surface area (Å²) in [6.07, 6.45) is 7.11. The topological polar surface area (TPSA) is 0 Å². The molecule has 0 fully saturated rings. The van der Waals surface area contributed by atoms with Crippen LogP contribution in [0.2, 0.25) is 0 Å². The lowest BCUT2D eigenvalue weighted by atomic mass is 9.96. The molecule has 1 aromatic rings. The average molecular weight is 238 g/mol. The summed E-state index contributed by atoms with van der Waals surface area (Å²) in [6.45, 7) is 9.12. The van der Waals surface area contributed by atoms with E-state index < -0.39 is 10.0 Å². The molecule has 0 saturated heterocycles. The van der Waals surface area contributed by atoms with Gasteiger partial charge in [-0.3, -0.25) is 0 Å². The van der Waals surface area contributed by atoms with Crippen LogP contribution in [0.15, 0.2) is 23.1 Å². The fraction of sp³-hybridized carbons (Fsp3) is 0.600. The Kier molecular flexibility index (Phi) is 4.12. The fourth-order valence-electron chi connectivity index (χ4n) is 1.67. The molecule has 0 unspecified atom stereocenters. The number of hydrogen-bond acceptors (Lipinski definition) is 0. The predicted octanol–water partition coefficient (Wildman–Crippen LogP) is 4.99. The zero-order valence-corrected chi connectivity index (χ0v) is 12.6. The first-order chi connectivity index (χ1) is 7.21. The third-order valence-corrected chi connectivity index (χ3v) is 4.64. The Hall–Kier alpha value is -0.430. The lowest BCUT2D eigenvalue weighted by molar-refractivity contribution is 0.826. The molecule has 0 aliphatic carbocycles. The molecule has 1 heteroatoms. The standard InChI is InChI=1S/C15H26S/c1-11(2)13-8-14(12(3)4)10-15(9-13)16(5,6)7/h8-12H,1-7H3. The van der Waals surface area contributed by atoms with Gasteiger partial charge in [-0.25, -0.2) is 10.0 Å². The van der Waals surface area contributed by atoms with Crippen LogP contribution in [0.1, 0.15) is 50.7 Å². The van der Waals surface area contributed by atoms with Crippen LogP contribution in [0.4, 0.5) is 0 Å². The largest absolute Gasteiger partial charge is 0.223 e. The van der Waals surface area contributed by atoms with Crippen molar-refractivity contribution in [2.75, 3.05) is 18.8 Å². The second kappa shape index (κ2) is 4.83. The second-order valence-corrected chi connectivity index (χ2v) is 10.1. The lowest BCUT2D eigenvalue weighted by Gasteiger charge is -2.28. The molecule has 0 atom stereocenters. The molecular formula is C15H26S. The Balaban J connectivity index is 3.30. The monoisotopic (exact) mass is 238 g/mol. The van der Waals surface area contributed by atoms with Crippen LogP contribution in [0.5, 0.6) is 0 Å². The van der Waals surface area contributed by atoms with Crippen LogP contribution in [-0.2, 0) is 0 Å². The van der Waals surface area contributed by atoms with Gasteiger partial charge in [0.25, 0.3) is 0 Å². The van der Waals surface area contributed by atoms with E-state index in [1.54, 1.807) is 4.90 Å². The van der Waals surface area contributed by atoms with E-state index in [0.717, 1.165) is 0 Å². The van der Waals surface area contributed by atoms with Crippen molar-refractivity contribution in [1.82, 2.24) is 0 Å². The predicted molar refractivity (Wildman–Crippen MR) is 78.2 cm³/mol. The highest BCUT2D eigenvalue weighted by molar-refractivity contribution is 8.32. The minimum atomic E-state index is -0.615. The molecule has 0 bridgehead atoms. The van der Waals surface area contributed by atoms with Gasteiger partial charge in [-0.05, 0) is 58.8 Å². The quantitative estimate of drug-likeness (QED) is 0.696. The molecule has 1 rings (SSSR count). The van der Waals surface area contributed by atoms with Crippen molar-refractivity contribution in [2.24, 2.45) is 0 Å². The van der Waals surface area contributed by atoms with Crippen molar-refractivity contribution in [2.45, 2.75) is 44.4 Å². The first kappa shape index (κ1) is 13.6. The van der Waals surface area contributed by atoms with Gasteiger partial charge < -0.3 is 0 Å². The van der Waals surface area contributed by atoms with Crippen molar-refractivity contribution in [3.05, 3.63) is 29.3 Å². The van der Waals surface area contributed by atoms with Gasteiger partial charge >= 0.3 is 0 Å². The number of rotatable bonds is 3. The summed E-state index contributed by atoms with van der Waals surface area (Å²) in [5.74, 6) is 1.25. The molecule has 0 nitrogen and oxygen atoms in total. The molecule has 0 amide bonds. The van der Waals surface area contributed by atoms with Crippen molar-refractivity contribution < 1.29 is 0 Å². The second-order valence-electron chi connectivity index (χ2n) is 5.98. The van der Waals surface area contributed by atoms with E-state index in [9.17, 15) is 0 Å². The summed E-state index contributed by atoms with van der Waals surface area (Å²) in [7, 11) is -0.615. The molecule has 0 radical (unpaired) electrons. The maximum atomic E-state index is 2.41. The van der Waals surface area contributed by atoms with E-state index in [2.05, 4.69) is 64.7 Å². The molecule has 0 heterocycles. The average Bonchev–Trinajstić information content (AvgIpc) is 2.15. The van der Waals surface area contributed by atoms with Crippen molar-refractivity contribution >= 4 is 10.0 Å². The van der Waals surface area contributed by atoms with Gasteiger partial charge in [0.05, 0.1) is 0 Å². The highest BCUT2D eigenvalue weighted by Crippen LogP contribution is 2.46. The van der Waals surface area contributed by atoms with Crippen molar-refractivity contribution in [3.63, 3.8) is 0 Å². The third kappa shape index (κ3) is 3.28. The van der Waals surface area contributed by atoms with Gasteiger partial charge in [-0.2, -0.15) is 0 Å². The van der Waals surface area contributed by atoms with Gasteiger partial charge in [0.2, 0.25) is 0 Å². The van der Waals surface area contributed by atoms with Crippen LogP contribution in [-0.4, -0.2) is 18.8 Å². The summed E-state index contributed by atoms with van der Waals surface area (Å²) in [5, 5.41) is 0. The molecule has 0 saturated carbocycles. The maximum absolute atomic E-state index is 2.41. The highest BCUT2D eigenvalue weighted by Gasteiger charge is 2.13. The summed E-state index contributed by atoms with van der Waals surface area (Å²) in [6, 6.07) is 7.20. The van der Waals surface area contributed by atoms with E-state index in [4.69, 9.17) is 0 Å². The Bertz CT molecular complexity index is 330. The first-order valence-electron chi connectivity index (χ1n) is 6.05. The van der Waals surface area contributed by atoms with E-state index in [1.165, 1.54) is 11.1 Å². The fourth-order valence-corrected chi connectivity index (χ4v) is 2.65. The van der Waals surface area contributed by atoms with Gasteiger partial charge in [-0.15, -0.1) is 0 Å². The molecular weight excluding hydrogens is 212 g/mol.